The predicted molar refractivity (Wildman–Crippen MR) is 259 cm³/mol. The van der Waals surface area contributed by atoms with Crippen LogP contribution in [0, 0.1) is 0 Å². The molecule has 0 radical (unpaired) electrons. The van der Waals surface area contributed by atoms with E-state index in [2.05, 4.69) is 99.0 Å². The van der Waals surface area contributed by atoms with Gasteiger partial charge in [-0.05, 0) is 83.5 Å². The maximum absolute atomic E-state index is 13.2. The number of nitrogens with one attached hydrogen (secondary N) is 1. The Labute approximate surface area is 371 Å². The van der Waals surface area contributed by atoms with Crippen LogP contribution < -0.4 is 5.32 Å². The van der Waals surface area contributed by atoms with Crippen LogP contribution in [0.3, 0.4) is 0 Å². The number of hydrogen-bond acceptors (Lipinski definition) is 5. The number of ether oxygens (including phenoxy) is 1. The average molecular weight is 838 g/mol. The normalized spacial score (nSPS) is 13.9. The summed E-state index contributed by atoms with van der Waals surface area (Å²) in [6.07, 6.45) is 59.6. The molecule has 3 N–H and O–H groups in total. The number of carbonyl (C=O) groups is 2. The third kappa shape index (κ3) is 42.0. The first-order chi connectivity index (χ1) is 29.5. The number of unbranched alkanes of at least 4 members (excludes halogenated alkanes) is 22. The number of rotatable bonds is 44. The highest BCUT2D eigenvalue weighted by Crippen LogP contribution is 2.17. The van der Waals surface area contributed by atoms with Gasteiger partial charge in [-0.2, -0.15) is 0 Å². The van der Waals surface area contributed by atoms with Crippen LogP contribution >= 0.6 is 0 Å². The fourth-order valence-corrected chi connectivity index (χ4v) is 7.26. The Morgan fingerprint density at radius 3 is 1.53 bits per heavy atom. The van der Waals surface area contributed by atoms with Crippen molar-refractivity contribution in [2.45, 2.75) is 251 Å². The van der Waals surface area contributed by atoms with Crippen molar-refractivity contribution < 1.29 is 24.5 Å². The topological polar surface area (TPSA) is 95.9 Å². The van der Waals surface area contributed by atoms with Crippen LogP contribution in [0.5, 0.6) is 0 Å². The highest BCUT2D eigenvalue weighted by molar-refractivity contribution is 5.77. The van der Waals surface area contributed by atoms with Crippen LogP contribution in [0.25, 0.3) is 0 Å². The fraction of sp³-hybridized carbons (Fsp3) is 0.741. The van der Waals surface area contributed by atoms with E-state index in [9.17, 15) is 19.8 Å². The SMILES string of the molecule is CC/C=C/C=C/C=C/CCCCCCCC(CC(=O)NC(CO)C(O)CCCCCCCCCCC)OC(=O)CCCCCCCC/C=C\C/C=C\C/C=C\CCCCC. The van der Waals surface area contributed by atoms with Gasteiger partial charge in [0.15, 0.2) is 0 Å². The summed E-state index contributed by atoms with van der Waals surface area (Å²) in [5.41, 5.74) is 0. The zero-order valence-electron chi connectivity index (χ0n) is 39.3. The molecule has 0 aliphatic carbocycles. The van der Waals surface area contributed by atoms with Crippen molar-refractivity contribution in [2.75, 3.05) is 6.61 Å². The molecule has 0 saturated carbocycles. The largest absolute Gasteiger partial charge is 0.462 e. The van der Waals surface area contributed by atoms with E-state index in [-0.39, 0.29) is 24.9 Å². The molecule has 0 aliphatic heterocycles. The molecule has 0 spiro atoms. The first kappa shape index (κ1) is 57.3. The van der Waals surface area contributed by atoms with Crippen molar-refractivity contribution >= 4 is 11.9 Å². The van der Waals surface area contributed by atoms with E-state index in [1.165, 1.54) is 83.5 Å². The summed E-state index contributed by atoms with van der Waals surface area (Å²) in [6.45, 7) is 6.29. The van der Waals surface area contributed by atoms with Crippen LogP contribution in [0.15, 0.2) is 72.9 Å². The number of aliphatic hydroxyl groups excluding tert-OH is 2. The molecule has 0 saturated heterocycles. The second-order valence-electron chi connectivity index (χ2n) is 16.9. The van der Waals surface area contributed by atoms with Crippen LogP contribution in [0.4, 0.5) is 0 Å². The second-order valence-corrected chi connectivity index (χ2v) is 16.9. The highest BCUT2D eigenvalue weighted by Gasteiger charge is 2.24. The molecule has 0 bridgehead atoms. The fourth-order valence-electron chi connectivity index (χ4n) is 7.26. The summed E-state index contributed by atoms with van der Waals surface area (Å²) in [5, 5.41) is 23.6. The number of esters is 1. The first-order valence-electron chi connectivity index (χ1n) is 25.2. The Bertz CT molecular complexity index is 1120. The average Bonchev–Trinajstić information content (AvgIpc) is 3.24. The van der Waals surface area contributed by atoms with E-state index in [0.29, 0.717) is 19.3 Å². The lowest BCUT2D eigenvalue weighted by Gasteiger charge is -2.24. The van der Waals surface area contributed by atoms with E-state index < -0.39 is 18.2 Å². The minimum absolute atomic E-state index is 0.0556. The third-order valence-corrected chi connectivity index (χ3v) is 11.1. The minimum atomic E-state index is -0.797. The monoisotopic (exact) mass is 838 g/mol. The lowest BCUT2D eigenvalue weighted by atomic mass is 10.0. The standard InChI is InChI=1S/C54H95NO5/c1-4-7-10-13-16-19-21-23-24-25-26-27-28-30-32-35-38-41-44-47-54(59)60-50(45-42-39-36-34-31-29-22-20-17-14-11-8-5-2)48-53(58)55-51(49-56)52(57)46-43-40-37-33-18-15-12-9-6-3/h8,11,14,16-17,19-20,22-24,26-27,50-52,56-57H,4-7,9-10,12-13,15,18,21,25,28-49H2,1-3H3,(H,55,58)/b11-8+,17-14+,19-16-,22-20+,24-23-,27-26-. The Morgan fingerprint density at radius 1 is 0.517 bits per heavy atom. The Kier molecular flexibility index (Phi) is 45.2. The van der Waals surface area contributed by atoms with Gasteiger partial charge in [-0.25, -0.2) is 0 Å². The van der Waals surface area contributed by atoms with Gasteiger partial charge in [-0.3, -0.25) is 9.59 Å². The lowest BCUT2D eigenvalue weighted by molar-refractivity contribution is -0.151. The maximum Gasteiger partial charge on any atom is 0.306 e. The van der Waals surface area contributed by atoms with Gasteiger partial charge in [0.2, 0.25) is 5.91 Å². The number of allylic oxidation sites excluding steroid dienone is 12. The molecule has 6 nitrogen and oxygen atoms in total. The summed E-state index contributed by atoms with van der Waals surface area (Å²) in [4.78, 5) is 26.1. The molecule has 0 aromatic heterocycles. The van der Waals surface area contributed by atoms with Gasteiger partial charge in [-0.15, -0.1) is 0 Å². The van der Waals surface area contributed by atoms with Gasteiger partial charge < -0.3 is 20.3 Å². The quantitative estimate of drug-likeness (QED) is 0.0246. The molecule has 0 heterocycles. The molecule has 6 heteroatoms. The minimum Gasteiger partial charge on any atom is -0.462 e. The van der Waals surface area contributed by atoms with E-state index in [1.807, 2.05) is 0 Å². The molecule has 3 unspecified atom stereocenters. The zero-order valence-corrected chi connectivity index (χ0v) is 39.3. The molecule has 0 rings (SSSR count). The van der Waals surface area contributed by atoms with Crippen molar-refractivity contribution in [1.29, 1.82) is 0 Å². The molecule has 0 aromatic carbocycles. The van der Waals surface area contributed by atoms with E-state index in [1.54, 1.807) is 0 Å². The molecular weight excluding hydrogens is 743 g/mol. The molecule has 0 aromatic rings. The Balaban J connectivity index is 4.59. The summed E-state index contributed by atoms with van der Waals surface area (Å²) in [6, 6.07) is -0.712. The molecule has 346 valence electrons. The molecule has 60 heavy (non-hydrogen) atoms. The highest BCUT2D eigenvalue weighted by atomic mass is 16.5. The zero-order chi connectivity index (χ0) is 43.8. The van der Waals surface area contributed by atoms with Crippen molar-refractivity contribution in [1.82, 2.24) is 5.32 Å². The van der Waals surface area contributed by atoms with Crippen molar-refractivity contribution in [3.05, 3.63) is 72.9 Å². The van der Waals surface area contributed by atoms with Gasteiger partial charge in [0, 0.05) is 6.42 Å². The summed E-state index contributed by atoms with van der Waals surface area (Å²) >= 11 is 0. The van der Waals surface area contributed by atoms with Gasteiger partial charge in [-0.1, -0.05) is 209 Å². The summed E-state index contributed by atoms with van der Waals surface area (Å²) in [5.74, 6) is -0.513. The van der Waals surface area contributed by atoms with Gasteiger partial charge in [0.25, 0.3) is 0 Å². The number of carbonyl (C=O) groups excluding carboxylic acids is 2. The van der Waals surface area contributed by atoms with Gasteiger partial charge in [0.1, 0.15) is 6.10 Å². The first-order valence-corrected chi connectivity index (χ1v) is 25.2. The number of aliphatic hydroxyl groups is 2. The van der Waals surface area contributed by atoms with Crippen LogP contribution in [-0.4, -0.2) is 46.9 Å². The Morgan fingerprint density at radius 2 is 0.967 bits per heavy atom. The van der Waals surface area contributed by atoms with Crippen molar-refractivity contribution in [3.63, 3.8) is 0 Å². The van der Waals surface area contributed by atoms with Gasteiger partial charge in [0.05, 0.1) is 25.2 Å². The second kappa shape index (κ2) is 47.4. The molecule has 0 fully saturated rings. The van der Waals surface area contributed by atoms with Crippen molar-refractivity contribution in [2.24, 2.45) is 0 Å². The molecule has 1 amide bonds. The smallest absolute Gasteiger partial charge is 0.306 e. The summed E-state index contributed by atoms with van der Waals surface area (Å²) in [7, 11) is 0. The van der Waals surface area contributed by atoms with E-state index >= 15 is 0 Å². The van der Waals surface area contributed by atoms with E-state index in [0.717, 1.165) is 103 Å². The van der Waals surface area contributed by atoms with Crippen molar-refractivity contribution in [3.8, 4) is 0 Å². The third-order valence-electron chi connectivity index (χ3n) is 11.1. The number of amides is 1. The predicted octanol–water partition coefficient (Wildman–Crippen LogP) is 15.0. The van der Waals surface area contributed by atoms with Crippen LogP contribution in [0.1, 0.15) is 233 Å². The van der Waals surface area contributed by atoms with Crippen LogP contribution in [0.2, 0.25) is 0 Å². The van der Waals surface area contributed by atoms with E-state index in [4.69, 9.17) is 4.74 Å². The Hall–Kier alpha value is -2.70. The molecular formula is C54H95NO5. The molecule has 0 aliphatic rings. The van der Waals surface area contributed by atoms with Crippen LogP contribution in [-0.2, 0) is 14.3 Å². The number of hydrogen-bond donors (Lipinski definition) is 3. The molecule has 3 atom stereocenters. The lowest BCUT2D eigenvalue weighted by Crippen LogP contribution is -2.46. The van der Waals surface area contributed by atoms with Gasteiger partial charge >= 0.3 is 5.97 Å². The summed E-state index contributed by atoms with van der Waals surface area (Å²) < 4.78 is 5.91. The maximum atomic E-state index is 13.2.